The Morgan fingerprint density at radius 1 is 1.20 bits per heavy atom. The number of hydrogen-bond acceptors (Lipinski definition) is 6. The molecular formula is C18H18N4O3. The zero-order chi connectivity index (χ0) is 17.8. The van der Waals surface area contributed by atoms with E-state index in [1.165, 1.54) is 4.80 Å². The lowest BCUT2D eigenvalue weighted by molar-refractivity contribution is -0.138. The lowest BCUT2D eigenvalue weighted by Gasteiger charge is -2.09. The zero-order valence-electron chi connectivity index (χ0n) is 13.8. The van der Waals surface area contributed by atoms with E-state index >= 15 is 0 Å². The Morgan fingerprint density at radius 3 is 2.48 bits per heavy atom. The third-order valence-corrected chi connectivity index (χ3v) is 3.62. The van der Waals surface area contributed by atoms with Gasteiger partial charge in [-0.05, 0) is 36.8 Å². The maximum absolute atomic E-state index is 11.4. The number of hydrogen-bond donors (Lipinski definition) is 1. The van der Waals surface area contributed by atoms with Crippen LogP contribution >= 0.6 is 0 Å². The summed E-state index contributed by atoms with van der Waals surface area (Å²) >= 11 is 0. The zero-order valence-corrected chi connectivity index (χ0v) is 13.8. The summed E-state index contributed by atoms with van der Waals surface area (Å²) in [5, 5.41) is 8.87. The number of rotatable bonds is 6. The van der Waals surface area contributed by atoms with E-state index in [0.717, 1.165) is 16.6 Å². The first kappa shape index (κ1) is 16.7. The minimum absolute atomic E-state index is 0.252. The number of carbonyl (C=O) groups excluding carboxylic acids is 1. The van der Waals surface area contributed by atoms with Crippen LogP contribution < -0.4 is 10.7 Å². The molecule has 0 aliphatic carbocycles. The quantitative estimate of drug-likeness (QED) is 0.421. The normalized spacial score (nSPS) is 10.6. The molecule has 7 nitrogen and oxygen atoms in total. The molecule has 3 rings (SSSR count). The van der Waals surface area contributed by atoms with Gasteiger partial charge in [0.1, 0.15) is 16.7 Å². The van der Waals surface area contributed by atoms with Gasteiger partial charge in [-0.3, -0.25) is 0 Å². The summed E-state index contributed by atoms with van der Waals surface area (Å²) in [6.07, 6.45) is 0.539. The average molecular weight is 338 g/mol. The molecular weight excluding hydrogens is 320 g/mol. The van der Waals surface area contributed by atoms with Gasteiger partial charge in [0.25, 0.3) is 0 Å². The highest BCUT2D eigenvalue weighted by Crippen LogP contribution is 2.24. The molecule has 25 heavy (non-hydrogen) atoms. The van der Waals surface area contributed by atoms with Crippen molar-refractivity contribution in [2.24, 2.45) is 5.90 Å². The number of ether oxygens (including phenoxy) is 1. The summed E-state index contributed by atoms with van der Waals surface area (Å²) in [7, 11) is 0. The second-order valence-corrected chi connectivity index (χ2v) is 5.56. The van der Waals surface area contributed by atoms with Crippen molar-refractivity contribution in [2.75, 3.05) is 6.61 Å². The molecule has 0 radical (unpaired) electrons. The monoisotopic (exact) mass is 338 g/mol. The van der Waals surface area contributed by atoms with Crippen LogP contribution in [-0.4, -0.2) is 27.6 Å². The molecule has 1 aromatic heterocycles. The van der Waals surface area contributed by atoms with Crippen molar-refractivity contribution < 1.29 is 14.4 Å². The fourth-order valence-electron chi connectivity index (χ4n) is 2.33. The van der Waals surface area contributed by atoms with E-state index in [1.807, 2.05) is 36.4 Å². The lowest BCUT2D eigenvalue weighted by Crippen LogP contribution is -2.10. The van der Waals surface area contributed by atoms with Crippen molar-refractivity contribution in [2.45, 2.75) is 13.3 Å². The first-order valence-corrected chi connectivity index (χ1v) is 7.73. The van der Waals surface area contributed by atoms with Crippen molar-refractivity contribution in [1.29, 1.82) is 0 Å². The highest BCUT2D eigenvalue weighted by Gasteiger charge is 2.12. The number of aromatic nitrogens is 3. The molecule has 3 aromatic rings. The molecule has 0 saturated heterocycles. The Bertz CT molecular complexity index is 900. The van der Waals surface area contributed by atoms with Gasteiger partial charge in [-0.2, -0.15) is 5.90 Å². The Labute approximate surface area is 144 Å². The van der Waals surface area contributed by atoms with Crippen molar-refractivity contribution >= 4 is 17.0 Å². The molecule has 0 spiro atoms. The van der Waals surface area contributed by atoms with Gasteiger partial charge in [-0.15, -0.1) is 15.0 Å². The minimum Gasteiger partial charge on any atom is -0.462 e. The minimum atomic E-state index is -0.401. The number of nitrogens with zero attached hydrogens (tertiary/aromatic N) is 3. The molecule has 0 fully saturated rings. The molecule has 0 aliphatic rings. The van der Waals surface area contributed by atoms with Crippen LogP contribution in [-0.2, 0) is 16.0 Å². The number of nitrogens with two attached hydrogens (primary N) is 1. The van der Waals surface area contributed by atoms with Gasteiger partial charge >= 0.3 is 5.97 Å². The van der Waals surface area contributed by atoms with Crippen LogP contribution in [0.5, 0.6) is 5.75 Å². The Balaban J connectivity index is 1.85. The molecule has 0 bridgehead atoms. The summed E-state index contributed by atoms with van der Waals surface area (Å²) < 4.78 is 5.13. The second-order valence-electron chi connectivity index (χ2n) is 5.56. The lowest BCUT2D eigenvalue weighted by atomic mass is 10.1. The van der Waals surface area contributed by atoms with Gasteiger partial charge in [0.05, 0.1) is 6.61 Å². The van der Waals surface area contributed by atoms with Gasteiger partial charge in [0.2, 0.25) is 0 Å². The van der Waals surface area contributed by atoms with E-state index in [9.17, 15) is 4.79 Å². The fourth-order valence-corrected chi connectivity index (χ4v) is 2.33. The predicted octanol–water partition coefficient (Wildman–Crippen LogP) is 2.33. The van der Waals surface area contributed by atoms with E-state index in [4.69, 9.17) is 15.5 Å². The molecule has 0 unspecified atom stereocenters. The van der Waals surface area contributed by atoms with Crippen LogP contribution in [0, 0.1) is 0 Å². The second kappa shape index (κ2) is 7.14. The van der Waals surface area contributed by atoms with E-state index in [1.54, 1.807) is 13.0 Å². The molecule has 2 N–H and O–H groups in total. The Hall–Kier alpha value is -3.19. The van der Waals surface area contributed by atoms with E-state index in [2.05, 4.69) is 16.8 Å². The standard InChI is InChI=1S/C18H18N4O3/c1-12(2)18(23)24-10-9-13-7-8-17(25-19)16(11-13)22-20-14-5-3-4-6-15(14)21-22/h3-8,11H,1,9-10,19H2,2H3. The largest absolute Gasteiger partial charge is 0.462 e. The number of carbonyl (C=O) groups is 1. The first-order chi connectivity index (χ1) is 12.1. The van der Waals surface area contributed by atoms with Crippen LogP contribution in [0.3, 0.4) is 0 Å². The maximum Gasteiger partial charge on any atom is 0.333 e. The fraction of sp³-hybridized carbons (Fsp3) is 0.167. The van der Waals surface area contributed by atoms with Crippen LogP contribution in [0.4, 0.5) is 0 Å². The number of benzene rings is 2. The number of esters is 1. The Kier molecular flexibility index (Phi) is 4.76. The van der Waals surface area contributed by atoms with Crippen molar-refractivity contribution in [3.63, 3.8) is 0 Å². The van der Waals surface area contributed by atoms with Crippen LogP contribution in [0.15, 0.2) is 54.6 Å². The summed E-state index contributed by atoms with van der Waals surface area (Å²) in [4.78, 5) is 17.8. The first-order valence-electron chi connectivity index (χ1n) is 7.73. The summed E-state index contributed by atoms with van der Waals surface area (Å²) in [6.45, 7) is 5.42. The smallest absolute Gasteiger partial charge is 0.333 e. The molecule has 2 aromatic carbocycles. The molecule has 0 aliphatic heterocycles. The molecule has 128 valence electrons. The van der Waals surface area contributed by atoms with E-state index in [-0.39, 0.29) is 6.61 Å². The summed E-state index contributed by atoms with van der Waals surface area (Å²) in [5.41, 5.74) is 3.46. The van der Waals surface area contributed by atoms with Gasteiger partial charge in [-0.1, -0.05) is 24.8 Å². The molecule has 0 saturated carbocycles. The molecule has 0 atom stereocenters. The highest BCUT2D eigenvalue weighted by atomic mass is 16.6. The van der Waals surface area contributed by atoms with Gasteiger partial charge in [0, 0.05) is 12.0 Å². The SMILES string of the molecule is C=C(C)C(=O)OCCc1ccc(ON)c(-n2nc3ccccc3n2)c1. The van der Waals surface area contributed by atoms with E-state index in [0.29, 0.717) is 23.4 Å². The average Bonchev–Trinajstić information content (AvgIpc) is 3.05. The highest BCUT2D eigenvalue weighted by molar-refractivity contribution is 5.86. The molecule has 0 amide bonds. The van der Waals surface area contributed by atoms with Gasteiger partial charge in [0.15, 0.2) is 5.75 Å². The third kappa shape index (κ3) is 3.67. The summed E-state index contributed by atoms with van der Waals surface area (Å²) in [5.74, 6) is 5.40. The third-order valence-electron chi connectivity index (χ3n) is 3.62. The van der Waals surface area contributed by atoms with Crippen LogP contribution in [0.1, 0.15) is 12.5 Å². The molecule has 1 heterocycles. The van der Waals surface area contributed by atoms with E-state index < -0.39 is 5.97 Å². The van der Waals surface area contributed by atoms with Crippen molar-refractivity contribution in [1.82, 2.24) is 15.0 Å². The van der Waals surface area contributed by atoms with Crippen LogP contribution in [0.25, 0.3) is 16.7 Å². The molecule has 7 heteroatoms. The van der Waals surface area contributed by atoms with Crippen LogP contribution in [0.2, 0.25) is 0 Å². The Morgan fingerprint density at radius 2 is 1.88 bits per heavy atom. The predicted molar refractivity (Wildman–Crippen MR) is 93.2 cm³/mol. The van der Waals surface area contributed by atoms with Gasteiger partial charge in [-0.25, -0.2) is 4.79 Å². The number of fused-ring (bicyclic) bond motifs is 1. The maximum atomic E-state index is 11.4. The van der Waals surface area contributed by atoms with Gasteiger partial charge < -0.3 is 9.57 Å². The van der Waals surface area contributed by atoms with Crippen molar-refractivity contribution in [3.05, 3.63) is 60.2 Å². The summed E-state index contributed by atoms with van der Waals surface area (Å²) in [6, 6.07) is 13.0. The van der Waals surface area contributed by atoms with Crippen molar-refractivity contribution in [3.8, 4) is 11.4 Å². The topological polar surface area (TPSA) is 92.3 Å².